The molecule has 2 atom stereocenters. The first-order chi connectivity index (χ1) is 7.95. The summed E-state index contributed by atoms with van der Waals surface area (Å²) in [5, 5.41) is 3.12. The summed E-state index contributed by atoms with van der Waals surface area (Å²) >= 11 is 3.24. The minimum Gasteiger partial charge on any atom is -0.368 e. The van der Waals surface area contributed by atoms with Gasteiger partial charge in [-0.25, -0.2) is 4.39 Å². The zero-order chi connectivity index (χ0) is 13.0. The number of amides is 1. The first-order valence-corrected chi connectivity index (χ1v) is 6.25. The Morgan fingerprint density at radius 2 is 2.24 bits per heavy atom. The number of nitrogens with two attached hydrogens (primary N) is 1. The van der Waals surface area contributed by atoms with Crippen LogP contribution in [0.1, 0.15) is 31.9 Å². The Kier molecular flexibility index (Phi) is 5.08. The Bertz CT molecular complexity index is 411. The SMILES string of the molecule is CCC(C)NC(C(N)=O)c1ccc(F)cc1Br. The summed E-state index contributed by atoms with van der Waals surface area (Å²) in [6.07, 6.45) is 0.878. The van der Waals surface area contributed by atoms with Gasteiger partial charge in [0.25, 0.3) is 0 Å². The van der Waals surface area contributed by atoms with Crippen molar-refractivity contribution in [3.8, 4) is 0 Å². The van der Waals surface area contributed by atoms with Crippen LogP contribution in [0.25, 0.3) is 0 Å². The number of primary amides is 1. The summed E-state index contributed by atoms with van der Waals surface area (Å²) in [5.74, 6) is -0.829. The Balaban J connectivity index is 3.01. The van der Waals surface area contributed by atoms with Crippen molar-refractivity contribution in [1.29, 1.82) is 0 Å². The van der Waals surface area contributed by atoms with E-state index in [1.807, 2.05) is 13.8 Å². The number of carbonyl (C=O) groups excluding carboxylic acids is 1. The van der Waals surface area contributed by atoms with E-state index in [4.69, 9.17) is 5.73 Å². The largest absolute Gasteiger partial charge is 0.368 e. The quantitative estimate of drug-likeness (QED) is 0.878. The fraction of sp³-hybridized carbons (Fsp3) is 0.417. The van der Waals surface area contributed by atoms with Gasteiger partial charge in [0.1, 0.15) is 11.9 Å². The van der Waals surface area contributed by atoms with Crippen LogP contribution in [0.2, 0.25) is 0 Å². The number of hydrogen-bond donors (Lipinski definition) is 2. The van der Waals surface area contributed by atoms with Crippen LogP contribution in [0.15, 0.2) is 22.7 Å². The lowest BCUT2D eigenvalue weighted by molar-refractivity contribution is -0.120. The number of hydrogen-bond acceptors (Lipinski definition) is 2. The summed E-state index contributed by atoms with van der Waals surface area (Å²) in [6.45, 7) is 3.97. The molecule has 2 unspecified atom stereocenters. The van der Waals surface area contributed by atoms with Gasteiger partial charge in [0.2, 0.25) is 5.91 Å². The Morgan fingerprint density at radius 3 is 2.71 bits per heavy atom. The van der Waals surface area contributed by atoms with Gasteiger partial charge in [-0.2, -0.15) is 0 Å². The minimum absolute atomic E-state index is 0.157. The fourth-order valence-electron chi connectivity index (χ4n) is 1.46. The number of rotatable bonds is 5. The molecule has 0 spiro atoms. The maximum Gasteiger partial charge on any atom is 0.239 e. The van der Waals surface area contributed by atoms with Crippen LogP contribution in [0.5, 0.6) is 0 Å². The normalized spacial score (nSPS) is 14.4. The summed E-state index contributed by atoms with van der Waals surface area (Å²) in [4.78, 5) is 11.4. The highest BCUT2D eigenvalue weighted by atomic mass is 79.9. The van der Waals surface area contributed by atoms with Gasteiger partial charge in [0.15, 0.2) is 0 Å². The summed E-state index contributed by atoms with van der Waals surface area (Å²) in [6, 6.07) is 3.74. The molecule has 0 fully saturated rings. The molecular formula is C12H16BrFN2O. The van der Waals surface area contributed by atoms with Gasteiger partial charge in [-0.3, -0.25) is 10.1 Å². The number of halogens is 2. The summed E-state index contributed by atoms with van der Waals surface area (Å²) in [7, 11) is 0. The molecule has 3 nitrogen and oxygen atoms in total. The van der Waals surface area contributed by atoms with Crippen LogP contribution in [0, 0.1) is 5.82 Å². The predicted octanol–water partition coefficient (Wildman–Crippen LogP) is 2.50. The van der Waals surface area contributed by atoms with Gasteiger partial charge in [-0.05, 0) is 31.0 Å². The van der Waals surface area contributed by atoms with E-state index >= 15 is 0 Å². The van der Waals surface area contributed by atoms with Crippen LogP contribution >= 0.6 is 15.9 Å². The molecule has 0 saturated carbocycles. The highest BCUT2D eigenvalue weighted by molar-refractivity contribution is 9.10. The Labute approximate surface area is 109 Å². The second-order valence-corrected chi connectivity index (χ2v) is 4.83. The zero-order valence-electron chi connectivity index (χ0n) is 9.84. The minimum atomic E-state index is -0.611. The van der Waals surface area contributed by atoms with E-state index in [0.717, 1.165) is 6.42 Å². The number of benzene rings is 1. The van der Waals surface area contributed by atoms with Gasteiger partial charge >= 0.3 is 0 Å². The third-order valence-corrected chi connectivity index (χ3v) is 3.31. The maximum atomic E-state index is 13.0. The molecule has 5 heteroatoms. The van der Waals surface area contributed by atoms with Crippen molar-refractivity contribution in [2.75, 3.05) is 0 Å². The van der Waals surface area contributed by atoms with Crippen LogP contribution < -0.4 is 11.1 Å². The smallest absolute Gasteiger partial charge is 0.239 e. The van der Waals surface area contributed by atoms with Crippen molar-refractivity contribution in [3.05, 3.63) is 34.1 Å². The second-order valence-electron chi connectivity index (χ2n) is 3.98. The van der Waals surface area contributed by atoms with E-state index in [-0.39, 0.29) is 11.9 Å². The van der Waals surface area contributed by atoms with Gasteiger partial charge in [-0.15, -0.1) is 0 Å². The molecule has 17 heavy (non-hydrogen) atoms. The van der Waals surface area contributed by atoms with Crippen molar-refractivity contribution in [1.82, 2.24) is 5.32 Å². The molecule has 0 radical (unpaired) electrons. The van der Waals surface area contributed by atoms with Crippen molar-refractivity contribution >= 4 is 21.8 Å². The highest BCUT2D eigenvalue weighted by Crippen LogP contribution is 2.24. The molecule has 3 N–H and O–H groups in total. The van der Waals surface area contributed by atoms with E-state index in [0.29, 0.717) is 10.0 Å². The molecule has 1 rings (SSSR count). The van der Waals surface area contributed by atoms with Crippen molar-refractivity contribution in [2.45, 2.75) is 32.4 Å². The number of nitrogens with one attached hydrogen (secondary N) is 1. The molecule has 0 bridgehead atoms. The first-order valence-electron chi connectivity index (χ1n) is 5.46. The molecule has 1 aromatic carbocycles. The van der Waals surface area contributed by atoms with E-state index in [1.165, 1.54) is 12.1 Å². The molecule has 1 aromatic rings. The molecule has 0 aliphatic rings. The lowest BCUT2D eigenvalue weighted by Gasteiger charge is -2.21. The van der Waals surface area contributed by atoms with E-state index < -0.39 is 11.9 Å². The number of carbonyl (C=O) groups is 1. The van der Waals surface area contributed by atoms with E-state index in [1.54, 1.807) is 6.07 Å². The third kappa shape index (κ3) is 3.78. The first kappa shape index (κ1) is 14.1. The van der Waals surface area contributed by atoms with Crippen molar-refractivity contribution in [2.24, 2.45) is 5.73 Å². The third-order valence-electron chi connectivity index (χ3n) is 2.62. The average molecular weight is 303 g/mol. The molecule has 1 amide bonds. The monoisotopic (exact) mass is 302 g/mol. The zero-order valence-corrected chi connectivity index (χ0v) is 11.4. The fourth-order valence-corrected chi connectivity index (χ4v) is 2.04. The topological polar surface area (TPSA) is 55.1 Å². The lowest BCUT2D eigenvalue weighted by Crippen LogP contribution is -2.38. The van der Waals surface area contributed by atoms with Gasteiger partial charge in [-0.1, -0.05) is 28.9 Å². The van der Waals surface area contributed by atoms with Gasteiger partial charge in [0, 0.05) is 10.5 Å². The summed E-state index contributed by atoms with van der Waals surface area (Å²) < 4.78 is 13.5. The van der Waals surface area contributed by atoms with Gasteiger partial charge in [0.05, 0.1) is 0 Å². The molecule has 0 aliphatic heterocycles. The van der Waals surface area contributed by atoms with Crippen LogP contribution in [-0.2, 0) is 4.79 Å². The van der Waals surface area contributed by atoms with Crippen molar-refractivity contribution < 1.29 is 9.18 Å². The average Bonchev–Trinajstić information content (AvgIpc) is 2.26. The standard InChI is InChI=1S/C12H16BrFN2O/c1-3-7(2)16-11(12(15)17)9-5-4-8(14)6-10(9)13/h4-7,11,16H,3H2,1-2H3,(H2,15,17). The van der Waals surface area contributed by atoms with Gasteiger partial charge < -0.3 is 5.73 Å². The maximum absolute atomic E-state index is 13.0. The highest BCUT2D eigenvalue weighted by Gasteiger charge is 2.21. The Morgan fingerprint density at radius 1 is 1.59 bits per heavy atom. The predicted molar refractivity (Wildman–Crippen MR) is 68.9 cm³/mol. The van der Waals surface area contributed by atoms with Crippen LogP contribution in [0.4, 0.5) is 4.39 Å². The molecule has 0 saturated heterocycles. The molecule has 0 heterocycles. The summed E-state index contributed by atoms with van der Waals surface area (Å²) in [5.41, 5.74) is 6.01. The van der Waals surface area contributed by atoms with Crippen molar-refractivity contribution in [3.63, 3.8) is 0 Å². The Hall–Kier alpha value is -0.940. The van der Waals surface area contributed by atoms with Crippen LogP contribution in [0.3, 0.4) is 0 Å². The second kappa shape index (κ2) is 6.12. The van der Waals surface area contributed by atoms with Crippen LogP contribution in [-0.4, -0.2) is 11.9 Å². The van der Waals surface area contributed by atoms with E-state index in [2.05, 4.69) is 21.2 Å². The lowest BCUT2D eigenvalue weighted by atomic mass is 10.0. The molecule has 0 aliphatic carbocycles. The molecule has 0 aromatic heterocycles. The van der Waals surface area contributed by atoms with E-state index in [9.17, 15) is 9.18 Å². The molecular weight excluding hydrogens is 287 g/mol. The molecule has 94 valence electrons.